The second-order valence-electron chi connectivity index (χ2n) is 3.77. The number of alkyl halides is 3. The van der Waals surface area contributed by atoms with Gasteiger partial charge in [-0.05, 0) is 30.5 Å². The summed E-state index contributed by atoms with van der Waals surface area (Å²) in [4.78, 5) is 0. The Morgan fingerprint density at radius 1 is 1.20 bits per heavy atom. The quantitative estimate of drug-likeness (QED) is 0.759. The molecular formula is C11H12F3N. The maximum atomic E-state index is 12.7. The third-order valence-corrected chi connectivity index (χ3v) is 2.77. The Labute approximate surface area is 86.3 Å². The van der Waals surface area contributed by atoms with Crippen LogP contribution in [-0.2, 0) is 6.18 Å². The van der Waals surface area contributed by atoms with Crippen LogP contribution in [0.5, 0.6) is 0 Å². The topological polar surface area (TPSA) is 12.0 Å². The first-order valence-electron chi connectivity index (χ1n) is 4.96. The summed E-state index contributed by atoms with van der Waals surface area (Å²) in [6, 6.07) is 5.85. The molecule has 1 atom stereocenters. The Hall–Kier alpha value is -1.03. The van der Waals surface area contributed by atoms with Gasteiger partial charge in [0.25, 0.3) is 0 Å². The van der Waals surface area contributed by atoms with Crippen molar-refractivity contribution in [1.82, 2.24) is 5.32 Å². The zero-order valence-electron chi connectivity index (χ0n) is 8.14. The Morgan fingerprint density at radius 3 is 2.53 bits per heavy atom. The van der Waals surface area contributed by atoms with Crippen molar-refractivity contribution in [2.45, 2.75) is 18.5 Å². The fraction of sp³-hybridized carbons (Fsp3) is 0.455. The number of nitrogens with one attached hydrogen (secondary N) is 1. The van der Waals surface area contributed by atoms with Gasteiger partial charge in [-0.3, -0.25) is 0 Å². The molecule has 0 aliphatic carbocycles. The summed E-state index contributed by atoms with van der Waals surface area (Å²) in [6.45, 7) is 1.45. The van der Waals surface area contributed by atoms with Crippen LogP contribution in [0.1, 0.15) is 23.5 Å². The maximum absolute atomic E-state index is 12.7. The molecule has 1 aromatic carbocycles. The van der Waals surface area contributed by atoms with Gasteiger partial charge in [-0.2, -0.15) is 13.2 Å². The lowest BCUT2D eigenvalue weighted by atomic mass is 9.93. The normalized spacial score (nSPS) is 21.9. The molecule has 1 heterocycles. The number of benzene rings is 1. The summed E-state index contributed by atoms with van der Waals surface area (Å²) in [6.07, 6.45) is -3.45. The number of hydrogen-bond acceptors (Lipinski definition) is 1. The SMILES string of the molecule is FC(F)(F)c1ccccc1C1CCNC1. The monoisotopic (exact) mass is 215 g/mol. The molecule has 0 amide bonds. The van der Waals surface area contributed by atoms with Crippen molar-refractivity contribution >= 4 is 0 Å². The van der Waals surface area contributed by atoms with Crippen LogP contribution < -0.4 is 5.32 Å². The first-order valence-corrected chi connectivity index (χ1v) is 4.96. The molecule has 1 aromatic rings. The van der Waals surface area contributed by atoms with E-state index in [1.807, 2.05) is 0 Å². The highest BCUT2D eigenvalue weighted by molar-refractivity contribution is 5.33. The summed E-state index contributed by atoms with van der Waals surface area (Å²) in [5.74, 6) is 0.00262. The predicted octanol–water partition coefficient (Wildman–Crippen LogP) is 2.78. The van der Waals surface area contributed by atoms with Crippen molar-refractivity contribution in [2.24, 2.45) is 0 Å². The molecule has 0 bridgehead atoms. The average molecular weight is 215 g/mol. The Kier molecular flexibility index (Phi) is 2.69. The largest absolute Gasteiger partial charge is 0.416 e. The molecule has 0 aromatic heterocycles. The Balaban J connectivity index is 2.37. The van der Waals surface area contributed by atoms with Crippen molar-refractivity contribution < 1.29 is 13.2 Å². The van der Waals surface area contributed by atoms with E-state index >= 15 is 0 Å². The van der Waals surface area contributed by atoms with Crippen LogP contribution in [0.4, 0.5) is 13.2 Å². The van der Waals surface area contributed by atoms with E-state index in [9.17, 15) is 13.2 Å². The van der Waals surface area contributed by atoms with E-state index < -0.39 is 11.7 Å². The van der Waals surface area contributed by atoms with Gasteiger partial charge in [-0.25, -0.2) is 0 Å². The second kappa shape index (κ2) is 3.85. The van der Waals surface area contributed by atoms with Gasteiger partial charge in [-0.1, -0.05) is 18.2 Å². The molecule has 15 heavy (non-hydrogen) atoms. The maximum Gasteiger partial charge on any atom is 0.416 e. The van der Waals surface area contributed by atoms with Gasteiger partial charge in [0, 0.05) is 6.54 Å². The predicted molar refractivity (Wildman–Crippen MR) is 51.7 cm³/mol. The summed E-state index contributed by atoms with van der Waals surface area (Å²) in [5, 5.41) is 3.08. The van der Waals surface area contributed by atoms with Crippen LogP contribution in [-0.4, -0.2) is 13.1 Å². The van der Waals surface area contributed by atoms with E-state index in [1.54, 1.807) is 12.1 Å². The van der Waals surface area contributed by atoms with Crippen LogP contribution in [0.25, 0.3) is 0 Å². The molecule has 0 radical (unpaired) electrons. The van der Waals surface area contributed by atoms with E-state index in [0.717, 1.165) is 19.0 Å². The lowest BCUT2D eigenvalue weighted by molar-refractivity contribution is -0.138. The van der Waals surface area contributed by atoms with Crippen LogP contribution in [0.2, 0.25) is 0 Å². The van der Waals surface area contributed by atoms with Crippen molar-refractivity contribution in [3.8, 4) is 0 Å². The highest BCUT2D eigenvalue weighted by atomic mass is 19.4. The van der Waals surface area contributed by atoms with Crippen LogP contribution in [0.15, 0.2) is 24.3 Å². The molecule has 1 aliphatic rings. The molecule has 1 saturated heterocycles. The van der Waals surface area contributed by atoms with E-state index in [4.69, 9.17) is 0 Å². The molecule has 82 valence electrons. The summed E-state index contributed by atoms with van der Waals surface area (Å²) in [7, 11) is 0. The molecule has 1 N–H and O–H groups in total. The number of hydrogen-bond donors (Lipinski definition) is 1. The van der Waals surface area contributed by atoms with Gasteiger partial charge in [0.2, 0.25) is 0 Å². The highest BCUT2D eigenvalue weighted by Crippen LogP contribution is 2.36. The minimum Gasteiger partial charge on any atom is -0.316 e. The summed E-state index contributed by atoms with van der Waals surface area (Å²) in [5.41, 5.74) is -0.0614. The molecule has 1 nitrogen and oxygen atoms in total. The van der Waals surface area contributed by atoms with Gasteiger partial charge in [0.1, 0.15) is 0 Å². The smallest absolute Gasteiger partial charge is 0.316 e. The third kappa shape index (κ3) is 2.15. The van der Waals surface area contributed by atoms with Gasteiger partial charge in [-0.15, -0.1) is 0 Å². The third-order valence-electron chi connectivity index (χ3n) is 2.77. The molecule has 0 saturated carbocycles. The van der Waals surface area contributed by atoms with E-state index in [1.165, 1.54) is 6.07 Å². The summed E-state index contributed by atoms with van der Waals surface area (Å²) >= 11 is 0. The first kappa shape index (κ1) is 10.5. The van der Waals surface area contributed by atoms with E-state index in [0.29, 0.717) is 12.1 Å². The Bertz CT molecular complexity index is 340. The molecule has 1 unspecified atom stereocenters. The standard InChI is InChI=1S/C11H12F3N/c12-11(13,14)10-4-2-1-3-9(10)8-5-6-15-7-8/h1-4,8,15H,5-7H2. The average Bonchev–Trinajstić information content (AvgIpc) is 2.69. The van der Waals surface area contributed by atoms with Gasteiger partial charge in [0.15, 0.2) is 0 Å². The molecular weight excluding hydrogens is 203 g/mol. The summed E-state index contributed by atoms with van der Waals surface area (Å²) < 4.78 is 38.0. The molecule has 1 aliphatic heterocycles. The zero-order chi connectivity index (χ0) is 10.9. The number of rotatable bonds is 1. The molecule has 4 heteroatoms. The molecule has 1 fully saturated rings. The lowest BCUT2D eigenvalue weighted by Crippen LogP contribution is -2.14. The fourth-order valence-corrected chi connectivity index (χ4v) is 2.03. The van der Waals surface area contributed by atoms with E-state index in [2.05, 4.69) is 5.32 Å². The van der Waals surface area contributed by atoms with E-state index in [-0.39, 0.29) is 5.92 Å². The first-order chi connectivity index (χ1) is 7.09. The molecule has 2 rings (SSSR count). The Morgan fingerprint density at radius 2 is 1.93 bits per heavy atom. The van der Waals surface area contributed by atoms with Crippen molar-refractivity contribution in [3.63, 3.8) is 0 Å². The van der Waals surface area contributed by atoms with Crippen molar-refractivity contribution in [2.75, 3.05) is 13.1 Å². The van der Waals surface area contributed by atoms with Crippen molar-refractivity contribution in [1.29, 1.82) is 0 Å². The van der Waals surface area contributed by atoms with Crippen LogP contribution >= 0.6 is 0 Å². The zero-order valence-corrected chi connectivity index (χ0v) is 8.14. The second-order valence-corrected chi connectivity index (χ2v) is 3.77. The van der Waals surface area contributed by atoms with Crippen LogP contribution in [0, 0.1) is 0 Å². The minimum atomic E-state index is -4.24. The number of halogens is 3. The van der Waals surface area contributed by atoms with Gasteiger partial charge >= 0.3 is 6.18 Å². The van der Waals surface area contributed by atoms with Gasteiger partial charge in [0.05, 0.1) is 5.56 Å². The van der Waals surface area contributed by atoms with Gasteiger partial charge < -0.3 is 5.32 Å². The highest BCUT2D eigenvalue weighted by Gasteiger charge is 2.35. The molecule has 0 spiro atoms. The fourth-order valence-electron chi connectivity index (χ4n) is 2.03. The minimum absolute atomic E-state index is 0.00262. The lowest BCUT2D eigenvalue weighted by Gasteiger charge is -2.16. The van der Waals surface area contributed by atoms with Crippen LogP contribution in [0.3, 0.4) is 0 Å². The van der Waals surface area contributed by atoms with Crippen molar-refractivity contribution in [3.05, 3.63) is 35.4 Å².